The Balaban J connectivity index is 1.98. The second-order valence-corrected chi connectivity index (χ2v) is 5.33. The highest BCUT2D eigenvalue weighted by molar-refractivity contribution is 8.00. The summed E-state index contributed by atoms with van der Waals surface area (Å²) >= 11 is -0.128. The topological polar surface area (TPSA) is 32.3 Å². The summed E-state index contributed by atoms with van der Waals surface area (Å²) in [5.41, 5.74) is -4.14. The van der Waals surface area contributed by atoms with Crippen molar-refractivity contribution < 1.29 is 18.3 Å². The van der Waals surface area contributed by atoms with Crippen LogP contribution in [0.25, 0.3) is 0 Å². The van der Waals surface area contributed by atoms with Gasteiger partial charge >= 0.3 is 5.51 Å². The lowest BCUT2D eigenvalue weighted by atomic mass is 9.89. The van der Waals surface area contributed by atoms with E-state index in [2.05, 4.69) is 5.32 Å². The normalized spacial score (nSPS) is 18.8. The molecule has 1 aromatic carbocycles. The highest BCUT2D eigenvalue weighted by Gasteiger charge is 2.34. The van der Waals surface area contributed by atoms with Crippen molar-refractivity contribution in [3.8, 4) is 0 Å². The van der Waals surface area contributed by atoms with E-state index in [0.29, 0.717) is 19.5 Å². The number of rotatable bonds is 3. The summed E-state index contributed by atoms with van der Waals surface area (Å²) in [5.74, 6) is 0. The van der Waals surface area contributed by atoms with E-state index in [-0.39, 0.29) is 16.7 Å². The van der Waals surface area contributed by atoms with E-state index in [1.807, 2.05) is 0 Å². The molecule has 6 heteroatoms. The van der Waals surface area contributed by atoms with Gasteiger partial charge in [-0.15, -0.1) is 0 Å². The summed E-state index contributed by atoms with van der Waals surface area (Å²) in [4.78, 5) is 0.167. The molecule has 0 saturated carbocycles. The Labute approximate surface area is 101 Å². The lowest BCUT2D eigenvalue weighted by Crippen LogP contribution is -2.60. The summed E-state index contributed by atoms with van der Waals surface area (Å²) in [5, 5.41) is 12.8. The van der Waals surface area contributed by atoms with Crippen LogP contribution in [0.4, 0.5) is 13.2 Å². The first-order valence-corrected chi connectivity index (χ1v) is 5.96. The predicted molar refractivity (Wildman–Crippen MR) is 59.9 cm³/mol. The molecule has 1 aliphatic rings. The molecule has 94 valence electrons. The van der Waals surface area contributed by atoms with Gasteiger partial charge in [-0.3, -0.25) is 0 Å². The second kappa shape index (κ2) is 4.51. The van der Waals surface area contributed by atoms with Crippen molar-refractivity contribution in [1.29, 1.82) is 0 Å². The highest BCUT2D eigenvalue weighted by Crippen LogP contribution is 2.36. The fourth-order valence-corrected chi connectivity index (χ4v) is 2.27. The molecule has 2 N–H and O–H groups in total. The van der Waals surface area contributed by atoms with Crippen molar-refractivity contribution in [2.24, 2.45) is 0 Å². The first-order valence-electron chi connectivity index (χ1n) is 5.14. The van der Waals surface area contributed by atoms with Gasteiger partial charge in [-0.1, -0.05) is 12.1 Å². The van der Waals surface area contributed by atoms with Crippen LogP contribution in [-0.2, 0) is 6.42 Å². The summed E-state index contributed by atoms with van der Waals surface area (Å²) in [6, 6.07) is 6.13. The lowest BCUT2D eigenvalue weighted by Gasteiger charge is -2.37. The maximum absolute atomic E-state index is 12.1. The highest BCUT2D eigenvalue weighted by atomic mass is 32.2. The molecule has 0 aliphatic carbocycles. The molecule has 2 rings (SSSR count). The van der Waals surface area contributed by atoms with Crippen LogP contribution < -0.4 is 5.32 Å². The van der Waals surface area contributed by atoms with Crippen LogP contribution in [0.3, 0.4) is 0 Å². The molecule has 0 spiro atoms. The molecule has 0 unspecified atom stereocenters. The van der Waals surface area contributed by atoms with E-state index < -0.39 is 11.1 Å². The SMILES string of the molecule is OC1(Cc2ccc(SC(F)(F)F)cc2)CNC1. The number of β-amino-alcohol motifs (C(OH)–C–C–N with tert-alkyl or cyclic N) is 1. The van der Waals surface area contributed by atoms with Crippen LogP contribution in [0.5, 0.6) is 0 Å². The Hall–Kier alpha value is -0.720. The van der Waals surface area contributed by atoms with E-state index >= 15 is 0 Å². The van der Waals surface area contributed by atoms with Gasteiger partial charge in [0.2, 0.25) is 0 Å². The first-order chi connectivity index (χ1) is 7.86. The Morgan fingerprint density at radius 1 is 1.24 bits per heavy atom. The lowest BCUT2D eigenvalue weighted by molar-refractivity contribution is -0.0328. The minimum atomic E-state index is -4.25. The van der Waals surface area contributed by atoms with Crippen molar-refractivity contribution in [1.82, 2.24) is 5.32 Å². The fourth-order valence-electron chi connectivity index (χ4n) is 1.73. The fraction of sp³-hybridized carbons (Fsp3) is 0.455. The number of nitrogens with one attached hydrogen (secondary N) is 1. The van der Waals surface area contributed by atoms with Crippen LogP contribution in [0.2, 0.25) is 0 Å². The van der Waals surface area contributed by atoms with Gasteiger partial charge in [0.15, 0.2) is 0 Å². The number of hydrogen-bond donors (Lipinski definition) is 2. The number of benzene rings is 1. The smallest absolute Gasteiger partial charge is 0.387 e. The van der Waals surface area contributed by atoms with Crippen molar-refractivity contribution >= 4 is 11.8 Å². The van der Waals surface area contributed by atoms with Crippen LogP contribution in [-0.4, -0.2) is 29.3 Å². The zero-order valence-corrected chi connectivity index (χ0v) is 9.74. The second-order valence-electron chi connectivity index (χ2n) is 4.20. The number of alkyl halides is 3. The number of thioether (sulfide) groups is 1. The first kappa shape index (κ1) is 12.7. The van der Waals surface area contributed by atoms with E-state index in [9.17, 15) is 18.3 Å². The molecule has 2 nitrogen and oxygen atoms in total. The molecule has 0 amide bonds. The number of hydrogen-bond acceptors (Lipinski definition) is 3. The maximum Gasteiger partial charge on any atom is 0.446 e. The van der Waals surface area contributed by atoms with Crippen molar-refractivity contribution in [2.45, 2.75) is 22.4 Å². The molecular weight excluding hydrogens is 251 g/mol. The zero-order valence-electron chi connectivity index (χ0n) is 8.92. The molecule has 1 saturated heterocycles. The molecule has 1 heterocycles. The molecule has 0 radical (unpaired) electrons. The van der Waals surface area contributed by atoms with Crippen LogP contribution >= 0.6 is 11.8 Å². The minimum absolute atomic E-state index is 0.128. The molecule has 17 heavy (non-hydrogen) atoms. The summed E-state index contributed by atoms with van der Waals surface area (Å²) < 4.78 is 36.3. The molecular formula is C11H12F3NOS. The van der Waals surface area contributed by atoms with Gasteiger partial charge in [0.05, 0.1) is 5.60 Å². The Morgan fingerprint density at radius 2 is 1.82 bits per heavy atom. The van der Waals surface area contributed by atoms with Gasteiger partial charge in [0, 0.05) is 24.4 Å². The Morgan fingerprint density at radius 3 is 2.24 bits per heavy atom. The maximum atomic E-state index is 12.1. The standard InChI is InChI=1S/C11H12F3NOS/c12-11(13,14)17-9-3-1-8(2-4-9)5-10(16)6-15-7-10/h1-4,15-16H,5-7H2. The average Bonchev–Trinajstić information content (AvgIpc) is 2.16. The van der Waals surface area contributed by atoms with E-state index in [1.165, 1.54) is 12.1 Å². The average molecular weight is 263 g/mol. The molecule has 1 aromatic rings. The Bertz CT molecular complexity index is 387. The van der Waals surface area contributed by atoms with Crippen LogP contribution in [0, 0.1) is 0 Å². The molecule has 1 fully saturated rings. The zero-order chi connectivity index (χ0) is 12.5. The van der Waals surface area contributed by atoms with Crippen molar-refractivity contribution in [3.63, 3.8) is 0 Å². The molecule has 0 aromatic heterocycles. The van der Waals surface area contributed by atoms with Gasteiger partial charge in [-0.05, 0) is 29.5 Å². The summed E-state index contributed by atoms with van der Waals surface area (Å²) in [6.45, 7) is 1.07. The van der Waals surface area contributed by atoms with Gasteiger partial charge < -0.3 is 10.4 Å². The monoisotopic (exact) mass is 263 g/mol. The quantitative estimate of drug-likeness (QED) is 0.820. The predicted octanol–water partition coefficient (Wildman–Crippen LogP) is 2.18. The minimum Gasteiger partial charge on any atom is -0.387 e. The third-order valence-electron chi connectivity index (χ3n) is 2.60. The van der Waals surface area contributed by atoms with Gasteiger partial charge in [-0.25, -0.2) is 0 Å². The van der Waals surface area contributed by atoms with Crippen molar-refractivity contribution in [2.75, 3.05) is 13.1 Å². The van der Waals surface area contributed by atoms with Gasteiger partial charge in [0.25, 0.3) is 0 Å². The molecule has 0 atom stereocenters. The summed E-state index contributed by atoms with van der Waals surface area (Å²) in [6.07, 6.45) is 0.469. The summed E-state index contributed by atoms with van der Waals surface area (Å²) in [7, 11) is 0. The number of aliphatic hydroxyl groups is 1. The molecule has 0 bridgehead atoms. The largest absolute Gasteiger partial charge is 0.446 e. The number of halogens is 3. The van der Waals surface area contributed by atoms with Crippen molar-refractivity contribution in [3.05, 3.63) is 29.8 Å². The van der Waals surface area contributed by atoms with Gasteiger partial charge in [0.1, 0.15) is 0 Å². The van der Waals surface area contributed by atoms with Crippen LogP contribution in [0.1, 0.15) is 5.56 Å². The third-order valence-corrected chi connectivity index (χ3v) is 3.34. The third kappa shape index (κ3) is 3.62. The van der Waals surface area contributed by atoms with E-state index in [0.717, 1.165) is 5.56 Å². The molecule has 1 aliphatic heterocycles. The van der Waals surface area contributed by atoms with E-state index in [4.69, 9.17) is 0 Å². The van der Waals surface area contributed by atoms with E-state index in [1.54, 1.807) is 12.1 Å². The van der Waals surface area contributed by atoms with Crippen LogP contribution in [0.15, 0.2) is 29.2 Å². The Kier molecular flexibility index (Phi) is 3.38. The van der Waals surface area contributed by atoms with Gasteiger partial charge in [-0.2, -0.15) is 13.2 Å².